The summed E-state index contributed by atoms with van der Waals surface area (Å²) >= 11 is 0. The van der Waals surface area contributed by atoms with Crippen molar-refractivity contribution in [3.05, 3.63) is 53.9 Å². The molecule has 40 heavy (non-hydrogen) atoms. The average Bonchev–Trinajstić information content (AvgIpc) is 3.32. The van der Waals surface area contributed by atoms with Crippen LogP contribution in [-0.4, -0.2) is 36.2 Å². The first-order chi connectivity index (χ1) is 19.7. The summed E-state index contributed by atoms with van der Waals surface area (Å²) in [6, 6.07) is 14.1. The van der Waals surface area contributed by atoms with E-state index in [1.165, 1.54) is 75.5 Å². The highest BCUT2D eigenvalue weighted by Gasteiger charge is 2.11. The molecule has 0 fully saturated rings. The highest BCUT2D eigenvalue weighted by atomic mass is 16.5. The number of unbranched alkanes of at least 4 members (excludes halogenated alkanes) is 11. The lowest BCUT2D eigenvalue weighted by atomic mass is 10.1. The summed E-state index contributed by atoms with van der Waals surface area (Å²) in [7, 11) is 3.22. The number of nitrogens with zero attached hydrogens (tertiary/aromatic N) is 2. The number of para-hydroxylation sites is 2. The zero-order valence-corrected chi connectivity index (χ0v) is 25.2. The second-order valence-corrected chi connectivity index (χ2v) is 10.9. The van der Waals surface area contributed by atoms with Crippen molar-refractivity contribution in [3.8, 4) is 11.5 Å². The monoisotopic (exact) mass is 549 g/mol. The maximum Gasteiger partial charge on any atom is 0.224 e. The molecule has 6 heteroatoms. The van der Waals surface area contributed by atoms with E-state index in [-0.39, 0.29) is 5.91 Å². The Morgan fingerprint density at radius 2 is 1.48 bits per heavy atom. The molecule has 1 heterocycles. The Morgan fingerprint density at radius 1 is 0.800 bits per heavy atom. The number of aromatic nitrogens is 2. The molecule has 220 valence electrons. The van der Waals surface area contributed by atoms with Crippen LogP contribution in [0.2, 0.25) is 0 Å². The number of carbonyl (C=O) groups is 1. The third kappa shape index (κ3) is 10.5. The lowest BCUT2D eigenvalue weighted by molar-refractivity contribution is -0.120. The fourth-order valence-corrected chi connectivity index (χ4v) is 5.37. The number of amides is 1. The third-order valence-electron chi connectivity index (χ3n) is 7.68. The van der Waals surface area contributed by atoms with E-state index in [4.69, 9.17) is 14.5 Å². The van der Waals surface area contributed by atoms with Gasteiger partial charge in [-0.15, -0.1) is 0 Å². The summed E-state index contributed by atoms with van der Waals surface area (Å²) < 4.78 is 13.1. The molecule has 0 saturated carbocycles. The molecule has 0 atom stereocenters. The Labute approximate surface area is 241 Å². The number of ether oxygens (including phenoxy) is 2. The molecule has 1 aromatic heterocycles. The highest BCUT2D eigenvalue weighted by molar-refractivity contribution is 5.78. The van der Waals surface area contributed by atoms with Crippen LogP contribution < -0.4 is 14.8 Å². The summed E-state index contributed by atoms with van der Waals surface area (Å²) in [6.07, 6.45) is 18.0. The van der Waals surface area contributed by atoms with Gasteiger partial charge in [-0.05, 0) is 49.1 Å². The summed E-state index contributed by atoms with van der Waals surface area (Å²) in [5.74, 6) is 2.55. The molecule has 0 aliphatic heterocycles. The Hall–Kier alpha value is -3.02. The van der Waals surface area contributed by atoms with Gasteiger partial charge in [0, 0.05) is 19.5 Å². The number of methoxy groups -OCH3 is 2. The number of benzene rings is 2. The van der Waals surface area contributed by atoms with Crippen molar-refractivity contribution < 1.29 is 14.3 Å². The lowest BCUT2D eigenvalue weighted by Gasteiger charge is -2.10. The van der Waals surface area contributed by atoms with Crippen LogP contribution in [-0.2, 0) is 24.2 Å². The maximum atomic E-state index is 12.4. The van der Waals surface area contributed by atoms with E-state index >= 15 is 0 Å². The normalized spacial score (nSPS) is 11.2. The minimum atomic E-state index is 0.0329. The Bertz CT molecular complexity index is 1140. The molecule has 6 nitrogen and oxygen atoms in total. The summed E-state index contributed by atoms with van der Waals surface area (Å²) in [4.78, 5) is 17.4. The van der Waals surface area contributed by atoms with Crippen LogP contribution in [0.5, 0.6) is 11.5 Å². The van der Waals surface area contributed by atoms with Gasteiger partial charge in [-0.25, -0.2) is 4.98 Å². The summed E-state index contributed by atoms with van der Waals surface area (Å²) in [5, 5.41) is 3.06. The van der Waals surface area contributed by atoms with Crippen LogP contribution in [0.3, 0.4) is 0 Å². The van der Waals surface area contributed by atoms with Crippen molar-refractivity contribution in [2.75, 3.05) is 20.8 Å². The highest BCUT2D eigenvalue weighted by Crippen LogP contribution is 2.27. The molecule has 0 unspecified atom stereocenters. The van der Waals surface area contributed by atoms with E-state index in [9.17, 15) is 4.79 Å². The van der Waals surface area contributed by atoms with Crippen molar-refractivity contribution in [1.82, 2.24) is 14.9 Å². The number of hydrogen-bond donors (Lipinski definition) is 1. The Morgan fingerprint density at radius 3 is 2.20 bits per heavy atom. The second-order valence-electron chi connectivity index (χ2n) is 10.9. The maximum absolute atomic E-state index is 12.4. The van der Waals surface area contributed by atoms with E-state index in [0.717, 1.165) is 43.3 Å². The molecule has 3 rings (SSSR count). The van der Waals surface area contributed by atoms with Gasteiger partial charge in [-0.1, -0.05) is 89.3 Å². The van der Waals surface area contributed by atoms with Gasteiger partial charge < -0.3 is 19.4 Å². The van der Waals surface area contributed by atoms with Crippen molar-refractivity contribution in [2.45, 2.75) is 110 Å². The fourth-order valence-electron chi connectivity index (χ4n) is 5.37. The van der Waals surface area contributed by atoms with Crippen molar-refractivity contribution >= 4 is 16.9 Å². The minimum absolute atomic E-state index is 0.0329. The molecule has 0 bridgehead atoms. The molecule has 0 aliphatic carbocycles. The quantitative estimate of drug-likeness (QED) is 0.137. The minimum Gasteiger partial charge on any atom is -0.493 e. The molecule has 3 aromatic rings. The summed E-state index contributed by atoms with van der Waals surface area (Å²) in [5.41, 5.74) is 3.28. The van der Waals surface area contributed by atoms with Gasteiger partial charge in [0.15, 0.2) is 11.5 Å². The van der Waals surface area contributed by atoms with Gasteiger partial charge >= 0.3 is 0 Å². The van der Waals surface area contributed by atoms with Crippen LogP contribution in [0.15, 0.2) is 42.5 Å². The first kappa shape index (κ1) is 31.5. The van der Waals surface area contributed by atoms with Gasteiger partial charge in [0.1, 0.15) is 5.82 Å². The van der Waals surface area contributed by atoms with Crippen LogP contribution in [0, 0.1) is 0 Å². The number of carbonyl (C=O) groups excluding carboxylic acids is 1. The number of rotatable bonds is 21. The topological polar surface area (TPSA) is 65.4 Å². The molecule has 0 saturated heterocycles. The van der Waals surface area contributed by atoms with Gasteiger partial charge in [-0.2, -0.15) is 0 Å². The number of hydrogen-bond acceptors (Lipinski definition) is 4. The van der Waals surface area contributed by atoms with E-state index < -0.39 is 0 Å². The first-order valence-electron chi connectivity index (χ1n) is 15.6. The van der Waals surface area contributed by atoms with Gasteiger partial charge in [-0.3, -0.25) is 4.79 Å². The predicted octanol–water partition coefficient (Wildman–Crippen LogP) is 8.05. The van der Waals surface area contributed by atoms with Crippen LogP contribution in [0.1, 0.15) is 102 Å². The van der Waals surface area contributed by atoms with Crippen molar-refractivity contribution in [3.63, 3.8) is 0 Å². The smallest absolute Gasteiger partial charge is 0.224 e. The van der Waals surface area contributed by atoms with Crippen molar-refractivity contribution in [1.29, 1.82) is 0 Å². The van der Waals surface area contributed by atoms with E-state index in [2.05, 4.69) is 41.1 Å². The standard InChI is InChI=1S/C34H51N3O3/c1-4-5-6-7-8-9-10-11-12-18-25-37-30-20-16-15-19-29(30)36-33(37)21-14-13-17-24-35-34(38)27-28-22-23-31(39-2)32(26-28)40-3/h15-16,19-20,22-23,26H,4-14,17-18,21,24-25,27H2,1-3H3,(H,35,38). The average molecular weight is 550 g/mol. The first-order valence-corrected chi connectivity index (χ1v) is 15.6. The van der Waals surface area contributed by atoms with Crippen LogP contribution in [0.4, 0.5) is 0 Å². The van der Waals surface area contributed by atoms with Crippen LogP contribution in [0.25, 0.3) is 11.0 Å². The molecule has 1 amide bonds. The van der Waals surface area contributed by atoms with Crippen LogP contribution >= 0.6 is 0 Å². The zero-order valence-electron chi connectivity index (χ0n) is 25.2. The van der Waals surface area contributed by atoms with Gasteiger partial charge in [0.05, 0.1) is 31.7 Å². The SMILES string of the molecule is CCCCCCCCCCCCn1c(CCCCCNC(=O)Cc2ccc(OC)c(OC)c2)nc2ccccc21. The third-order valence-corrected chi connectivity index (χ3v) is 7.68. The molecule has 1 N–H and O–H groups in total. The van der Waals surface area contributed by atoms with E-state index in [1.807, 2.05) is 18.2 Å². The zero-order chi connectivity index (χ0) is 28.4. The summed E-state index contributed by atoms with van der Waals surface area (Å²) in [6.45, 7) is 4.03. The Balaban J connectivity index is 1.35. The molecule has 0 aliphatic rings. The largest absolute Gasteiger partial charge is 0.493 e. The fraction of sp³-hybridized carbons (Fsp3) is 0.588. The van der Waals surface area contributed by atoms with Gasteiger partial charge in [0.2, 0.25) is 5.91 Å². The van der Waals surface area contributed by atoms with E-state index in [1.54, 1.807) is 14.2 Å². The lowest BCUT2D eigenvalue weighted by Crippen LogP contribution is -2.26. The van der Waals surface area contributed by atoms with E-state index in [0.29, 0.717) is 24.5 Å². The van der Waals surface area contributed by atoms with Gasteiger partial charge in [0.25, 0.3) is 0 Å². The molecule has 2 aromatic carbocycles. The Kier molecular flexibility index (Phi) is 14.5. The number of aryl methyl sites for hydroxylation is 2. The second kappa shape index (κ2) is 18.4. The number of fused-ring (bicyclic) bond motifs is 1. The molecular formula is C34H51N3O3. The number of nitrogens with one attached hydrogen (secondary N) is 1. The molecule has 0 spiro atoms. The predicted molar refractivity (Wildman–Crippen MR) is 165 cm³/mol. The number of imidazole rings is 1. The van der Waals surface area contributed by atoms with Crippen molar-refractivity contribution in [2.24, 2.45) is 0 Å². The molecular weight excluding hydrogens is 498 g/mol. The molecule has 0 radical (unpaired) electrons.